The van der Waals surface area contributed by atoms with Gasteiger partial charge in [-0.2, -0.15) is 5.10 Å². The predicted octanol–water partition coefficient (Wildman–Crippen LogP) is 3.07. The second-order valence-corrected chi connectivity index (χ2v) is 4.96. The molecule has 0 spiro atoms. The van der Waals surface area contributed by atoms with Crippen LogP contribution in [0.15, 0.2) is 24.5 Å². The zero-order chi connectivity index (χ0) is 14.0. The summed E-state index contributed by atoms with van der Waals surface area (Å²) < 4.78 is 1.78. The van der Waals surface area contributed by atoms with E-state index in [1.54, 1.807) is 30.1 Å². The quantitative estimate of drug-likeness (QED) is 0.878. The highest BCUT2D eigenvalue weighted by molar-refractivity contribution is 6.29. The number of hydrogen-bond acceptors (Lipinski definition) is 3. The zero-order valence-corrected chi connectivity index (χ0v) is 11.8. The number of amides is 1. The molecule has 1 N–H and O–H groups in total. The molecule has 0 radical (unpaired) electrons. The van der Waals surface area contributed by atoms with Crippen LogP contribution in [0.2, 0.25) is 5.15 Å². The van der Waals surface area contributed by atoms with Crippen molar-refractivity contribution in [2.45, 2.75) is 26.8 Å². The van der Waals surface area contributed by atoms with Crippen LogP contribution in [-0.4, -0.2) is 20.7 Å². The Balaban J connectivity index is 2.15. The zero-order valence-electron chi connectivity index (χ0n) is 11.0. The molecule has 2 rings (SSSR count). The molecule has 0 saturated heterocycles. The van der Waals surface area contributed by atoms with E-state index >= 15 is 0 Å². The summed E-state index contributed by atoms with van der Waals surface area (Å²) >= 11 is 5.84. The number of nitrogens with zero attached hydrogens (tertiary/aromatic N) is 3. The number of pyridine rings is 1. The first-order valence-corrected chi connectivity index (χ1v) is 6.33. The summed E-state index contributed by atoms with van der Waals surface area (Å²) in [5.74, 6) is -0.226. The van der Waals surface area contributed by atoms with Gasteiger partial charge in [-0.1, -0.05) is 11.6 Å². The molecule has 0 aliphatic heterocycles. The lowest BCUT2D eigenvalue weighted by Crippen LogP contribution is -2.12. The monoisotopic (exact) mass is 278 g/mol. The average Bonchev–Trinajstić information content (AvgIpc) is 2.76. The highest BCUT2D eigenvalue weighted by atomic mass is 35.5. The molecule has 100 valence electrons. The van der Waals surface area contributed by atoms with Gasteiger partial charge in [-0.25, -0.2) is 4.98 Å². The van der Waals surface area contributed by atoms with Gasteiger partial charge >= 0.3 is 0 Å². The SMILES string of the molecule is Cc1cc(C(=O)Nc2cnn(C(C)C)c2)cc(Cl)n1. The molecule has 2 aromatic heterocycles. The van der Waals surface area contributed by atoms with Crippen LogP contribution in [0.3, 0.4) is 0 Å². The number of halogens is 1. The van der Waals surface area contributed by atoms with Crippen LogP contribution in [0.25, 0.3) is 0 Å². The normalized spacial score (nSPS) is 10.8. The first-order valence-electron chi connectivity index (χ1n) is 5.95. The number of carbonyl (C=O) groups excluding carboxylic acids is 1. The number of carbonyl (C=O) groups is 1. The van der Waals surface area contributed by atoms with Crippen molar-refractivity contribution in [1.29, 1.82) is 0 Å². The third kappa shape index (κ3) is 3.32. The first kappa shape index (κ1) is 13.5. The predicted molar refractivity (Wildman–Crippen MR) is 74.5 cm³/mol. The van der Waals surface area contributed by atoms with Crippen molar-refractivity contribution in [3.05, 3.63) is 40.9 Å². The van der Waals surface area contributed by atoms with Gasteiger partial charge in [0.05, 0.1) is 11.9 Å². The number of aromatic nitrogens is 3. The van der Waals surface area contributed by atoms with Crippen molar-refractivity contribution in [2.24, 2.45) is 0 Å². The van der Waals surface area contributed by atoms with Gasteiger partial charge in [-0.15, -0.1) is 0 Å². The molecule has 0 aliphatic rings. The van der Waals surface area contributed by atoms with Crippen LogP contribution in [0.4, 0.5) is 5.69 Å². The van der Waals surface area contributed by atoms with Crippen molar-refractivity contribution in [3.8, 4) is 0 Å². The number of anilines is 1. The van der Waals surface area contributed by atoms with Gasteiger partial charge in [0.1, 0.15) is 5.15 Å². The first-order chi connectivity index (χ1) is 8.95. The van der Waals surface area contributed by atoms with E-state index in [1.807, 2.05) is 13.8 Å². The molecular weight excluding hydrogens is 264 g/mol. The fraction of sp³-hybridized carbons (Fsp3) is 0.308. The Morgan fingerprint density at radius 3 is 2.74 bits per heavy atom. The van der Waals surface area contributed by atoms with Crippen LogP contribution in [-0.2, 0) is 0 Å². The summed E-state index contributed by atoms with van der Waals surface area (Å²) in [6.07, 6.45) is 3.41. The van der Waals surface area contributed by atoms with E-state index in [4.69, 9.17) is 11.6 Å². The van der Waals surface area contributed by atoms with Gasteiger partial charge in [0, 0.05) is 23.5 Å². The Morgan fingerprint density at radius 1 is 1.42 bits per heavy atom. The van der Waals surface area contributed by atoms with Crippen LogP contribution in [0, 0.1) is 6.92 Å². The van der Waals surface area contributed by atoms with E-state index in [0.717, 1.165) is 0 Å². The van der Waals surface area contributed by atoms with Gasteiger partial charge in [-0.05, 0) is 32.9 Å². The Morgan fingerprint density at radius 2 is 2.16 bits per heavy atom. The fourth-order valence-electron chi connectivity index (χ4n) is 1.65. The molecule has 0 aliphatic carbocycles. The van der Waals surface area contributed by atoms with Gasteiger partial charge in [0.25, 0.3) is 5.91 Å². The van der Waals surface area contributed by atoms with Gasteiger partial charge < -0.3 is 5.32 Å². The van der Waals surface area contributed by atoms with Crippen molar-refractivity contribution in [1.82, 2.24) is 14.8 Å². The topological polar surface area (TPSA) is 59.8 Å². The van der Waals surface area contributed by atoms with Crippen molar-refractivity contribution < 1.29 is 4.79 Å². The van der Waals surface area contributed by atoms with E-state index < -0.39 is 0 Å². The molecule has 0 fully saturated rings. The summed E-state index contributed by atoms with van der Waals surface area (Å²) in [5, 5.41) is 7.25. The third-order valence-corrected chi connectivity index (χ3v) is 2.77. The maximum absolute atomic E-state index is 12.1. The van der Waals surface area contributed by atoms with E-state index in [2.05, 4.69) is 15.4 Å². The molecule has 0 bridgehead atoms. The third-order valence-electron chi connectivity index (χ3n) is 2.57. The molecule has 19 heavy (non-hydrogen) atoms. The Hall–Kier alpha value is -1.88. The highest BCUT2D eigenvalue weighted by Crippen LogP contribution is 2.14. The second-order valence-electron chi connectivity index (χ2n) is 4.58. The molecule has 2 heterocycles. The summed E-state index contributed by atoms with van der Waals surface area (Å²) in [6.45, 7) is 5.83. The van der Waals surface area contributed by atoms with Crippen LogP contribution in [0.5, 0.6) is 0 Å². The lowest BCUT2D eigenvalue weighted by atomic mass is 10.2. The number of nitrogens with one attached hydrogen (secondary N) is 1. The van der Waals surface area contributed by atoms with Gasteiger partial charge in [0.2, 0.25) is 0 Å². The van der Waals surface area contributed by atoms with Crippen molar-refractivity contribution >= 4 is 23.2 Å². The van der Waals surface area contributed by atoms with Crippen LogP contribution >= 0.6 is 11.6 Å². The molecule has 0 aromatic carbocycles. The lowest BCUT2D eigenvalue weighted by Gasteiger charge is -2.05. The fourth-order valence-corrected chi connectivity index (χ4v) is 1.90. The maximum Gasteiger partial charge on any atom is 0.255 e. The van der Waals surface area contributed by atoms with E-state index in [9.17, 15) is 4.79 Å². The molecule has 1 amide bonds. The van der Waals surface area contributed by atoms with Crippen LogP contribution in [0.1, 0.15) is 35.9 Å². The maximum atomic E-state index is 12.1. The molecule has 2 aromatic rings. The Labute approximate surface area is 116 Å². The van der Waals surface area contributed by atoms with Crippen molar-refractivity contribution in [2.75, 3.05) is 5.32 Å². The number of aryl methyl sites for hydroxylation is 1. The molecular formula is C13H15ClN4O. The molecule has 0 atom stereocenters. The standard InChI is InChI=1S/C13H15ClN4O/c1-8(2)18-7-11(6-15-18)17-13(19)10-4-9(3)16-12(14)5-10/h4-8H,1-3H3,(H,17,19). The van der Waals surface area contributed by atoms with Gasteiger partial charge in [0.15, 0.2) is 0 Å². The number of hydrogen-bond donors (Lipinski definition) is 1. The highest BCUT2D eigenvalue weighted by Gasteiger charge is 2.10. The molecule has 0 unspecified atom stereocenters. The summed E-state index contributed by atoms with van der Waals surface area (Å²) in [7, 11) is 0. The molecule has 0 saturated carbocycles. The minimum Gasteiger partial charge on any atom is -0.319 e. The van der Waals surface area contributed by atoms with E-state index in [0.29, 0.717) is 22.1 Å². The smallest absolute Gasteiger partial charge is 0.255 e. The average molecular weight is 279 g/mol. The Bertz CT molecular complexity index is 586. The largest absolute Gasteiger partial charge is 0.319 e. The number of rotatable bonds is 3. The minimum atomic E-state index is -0.226. The van der Waals surface area contributed by atoms with Crippen molar-refractivity contribution in [3.63, 3.8) is 0 Å². The summed E-state index contributed by atoms with van der Waals surface area (Å²) in [4.78, 5) is 16.1. The van der Waals surface area contributed by atoms with Crippen LogP contribution < -0.4 is 5.32 Å². The minimum absolute atomic E-state index is 0.226. The van der Waals surface area contributed by atoms with E-state index in [1.165, 1.54) is 6.07 Å². The second kappa shape index (κ2) is 5.40. The summed E-state index contributed by atoms with van der Waals surface area (Å²) in [5.41, 5.74) is 1.84. The lowest BCUT2D eigenvalue weighted by molar-refractivity contribution is 0.102. The Kier molecular flexibility index (Phi) is 3.85. The molecule has 5 nitrogen and oxygen atoms in total. The van der Waals surface area contributed by atoms with E-state index in [-0.39, 0.29) is 11.9 Å². The summed E-state index contributed by atoms with van der Waals surface area (Å²) in [6, 6.07) is 3.48. The molecule has 6 heteroatoms. The van der Waals surface area contributed by atoms with Gasteiger partial charge in [-0.3, -0.25) is 9.48 Å².